The Morgan fingerprint density at radius 2 is 1.43 bits per heavy atom. The number of hydrogen-bond acceptors (Lipinski definition) is 3. The van der Waals surface area contributed by atoms with Crippen LogP contribution in [0.4, 0.5) is 10.2 Å². The molecule has 1 aromatic heterocycles. The van der Waals surface area contributed by atoms with Crippen LogP contribution in [0.25, 0.3) is 22.5 Å². The number of aromatic nitrogens is 2. The lowest BCUT2D eigenvalue weighted by molar-refractivity contribution is 0.628. The summed E-state index contributed by atoms with van der Waals surface area (Å²) in [6, 6.07) is 15.9. The highest BCUT2D eigenvalue weighted by atomic mass is 19.1. The maximum Gasteiger partial charge on any atom is 0.150 e. The molecule has 3 aromatic rings. The summed E-state index contributed by atoms with van der Waals surface area (Å²) >= 11 is 0. The van der Waals surface area contributed by atoms with E-state index in [1.807, 2.05) is 37.3 Å². The van der Waals surface area contributed by atoms with Crippen molar-refractivity contribution in [1.29, 1.82) is 0 Å². The maximum atomic E-state index is 13.1. The van der Waals surface area contributed by atoms with Gasteiger partial charge in [-0.3, -0.25) is 0 Å². The van der Waals surface area contributed by atoms with Crippen molar-refractivity contribution >= 4 is 5.82 Å². The van der Waals surface area contributed by atoms with Gasteiger partial charge in [0, 0.05) is 11.1 Å². The van der Waals surface area contributed by atoms with E-state index in [2.05, 4.69) is 9.97 Å². The minimum Gasteiger partial charge on any atom is -0.382 e. The van der Waals surface area contributed by atoms with Crippen LogP contribution in [0.5, 0.6) is 0 Å². The van der Waals surface area contributed by atoms with Gasteiger partial charge in [0.25, 0.3) is 0 Å². The van der Waals surface area contributed by atoms with Gasteiger partial charge in [-0.1, -0.05) is 30.3 Å². The van der Waals surface area contributed by atoms with Crippen LogP contribution in [0.15, 0.2) is 54.6 Å². The first-order valence-electron chi connectivity index (χ1n) is 6.60. The third-order valence-corrected chi connectivity index (χ3v) is 3.26. The SMILES string of the molecule is Cc1nc(N)c(-c2ccccc2)nc1-c1ccc(F)cc1. The Morgan fingerprint density at radius 1 is 0.810 bits per heavy atom. The standard InChI is InChI=1S/C17H14FN3/c1-11-15(13-7-9-14(18)10-8-13)21-16(17(19)20-11)12-5-3-2-4-6-12/h2-10H,1H3,(H2,19,20). The highest BCUT2D eigenvalue weighted by Crippen LogP contribution is 2.28. The van der Waals surface area contributed by atoms with E-state index in [0.29, 0.717) is 17.2 Å². The highest BCUT2D eigenvalue weighted by molar-refractivity contribution is 5.74. The Morgan fingerprint density at radius 3 is 2.10 bits per heavy atom. The van der Waals surface area contributed by atoms with Crippen LogP contribution in [-0.4, -0.2) is 9.97 Å². The van der Waals surface area contributed by atoms with Crippen molar-refractivity contribution < 1.29 is 4.39 Å². The largest absolute Gasteiger partial charge is 0.382 e. The average Bonchev–Trinajstić information content (AvgIpc) is 2.49. The fraction of sp³-hybridized carbons (Fsp3) is 0.0588. The van der Waals surface area contributed by atoms with E-state index in [4.69, 9.17) is 5.73 Å². The zero-order valence-corrected chi connectivity index (χ0v) is 11.5. The molecule has 0 radical (unpaired) electrons. The molecular weight excluding hydrogens is 265 g/mol. The summed E-state index contributed by atoms with van der Waals surface area (Å²) < 4.78 is 13.1. The fourth-order valence-electron chi connectivity index (χ4n) is 2.23. The van der Waals surface area contributed by atoms with Crippen LogP contribution in [0.2, 0.25) is 0 Å². The normalized spacial score (nSPS) is 10.6. The van der Waals surface area contributed by atoms with E-state index in [0.717, 1.165) is 16.8 Å². The van der Waals surface area contributed by atoms with Crippen LogP contribution in [0.3, 0.4) is 0 Å². The molecular formula is C17H14FN3. The van der Waals surface area contributed by atoms with Crippen molar-refractivity contribution in [2.24, 2.45) is 0 Å². The molecule has 0 aliphatic rings. The summed E-state index contributed by atoms with van der Waals surface area (Å²) in [4.78, 5) is 9.00. The molecule has 21 heavy (non-hydrogen) atoms. The van der Waals surface area contributed by atoms with Crippen molar-refractivity contribution in [2.75, 3.05) is 5.73 Å². The molecule has 0 saturated heterocycles. The summed E-state index contributed by atoms with van der Waals surface area (Å²) in [5, 5.41) is 0. The molecule has 0 atom stereocenters. The second kappa shape index (κ2) is 5.32. The predicted molar refractivity (Wildman–Crippen MR) is 82.0 cm³/mol. The van der Waals surface area contributed by atoms with Gasteiger partial charge in [-0.15, -0.1) is 0 Å². The smallest absolute Gasteiger partial charge is 0.150 e. The van der Waals surface area contributed by atoms with Crippen LogP contribution >= 0.6 is 0 Å². The third kappa shape index (κ3) is 2.60. The average molecular weight is 279 g/mol. The molecule has 0 bridgehead atoms. The van der Waals surface area contributed by atoms with Gasteiger partial charge in [-0.25, -0.2) is 14.4 Å². The lowest BCUT2D eigenvalue weighted by Gasteiger charge is -2.10. The molecule has 0 unspecified atom stereocenters. The Bertz CT molecular complexity index is 768. The van der Waals surface area contributed by atoms with Crippen molar-refractivity contribution in [3.63, 3.8) is 0 Å². The van der Waals surface area contributed by atoms with E-state index < -0.39 is 0 Å². The quantitative estimate of drug-likeness (QED) is 0.775. The molecule has 2 N–H and O–H groups in total. The van der Waals surface area contributed by atoms with Crippen LogP contribution in [-0.2, 0) is 0 Å². The molecule has 3 nitrogen and oxygen atoms in total. The van der Waals surface area contributed by atoms with Gasteiger partial charge in [0.2, 0.25) is 0 Å². The first-order chi connectivity index (χ1) is 10.1. The number of nitrogen functional groups attached to an aromatic ring is 1. The Balaban J connectivity index is 2.16. The van der Waals surface area contributed by atoms with Gasteiger partial charge in [-0.05, 0) is 31.2 Å². The van der Waals surface area contributed by atoms with Crippen LogP contribution in [0, 0.1) is 12.7 Å². The molecule has 3 rings (SSSR count). The second-order valence-corrected chi connectivity index (χ2v) is 4.76. The van der Waals surface area contributed by atoms with E-state index in [1.54, 1.807) is 12.1 Å². The fourth-order valence-corrected chi connectivity index (χ4v) is 2.23. The van der Waals surface area contributed by atoms with Gasteiger partial charge in [0.1, 0.15) is 17.3 Å². The number of aryl methyl sites for hydroxylation is 1. The number of halogens is 1. The number of nitrogens with zero attached hydrogens (tertiary/aromatic N) is 2. The first kappa shape index (κ1) is 13.2. The minimum atomic E-state index is -0.275. The molecule has 0 amide bonds. The van der Waals surface area contributed by atoms with E-state index >= 15 is 0 Å². The second-order valence-electron chi connectivity index (χ2n) is 4.76. The van der Waals surface area contributed by atoms with E-state index in [9.17, 15) is 4.39 Å². The topological polar surface area (TPSA) is 51.8 Å². The van der Waals surface area contributed by atoms with Crippen molar-refractivity contribution in [3.8, 4) is 22.5 Å². The summed E-state index contributed by atoms with van der Waals surface area (Å²) in [6.07, 6.45) is 0. The summed E-state index contributed by atoms with van der Waals surface area (Å²) in [5.74, 6) is 0.118. The van der Waals surface area contributed by atoms with Gasteiger partial charge >= 0.3 is 0 Å². The maximum absolute atomic E-state index is 13.1. The molecule has 0 fully saturated rings. The van der Waals surface area contributed by atoms with E-state index in [1.165, 1.54) is 12.1 Å². The Kier molecular flexibility index (Phi) is 3.36. The predicted octanol–water partition coefficient (Wildman–Crippen LogP) is 3.84. The number of hydrogen-bond donors (Lipinski definition) is 1. The van der Waals surface area contributed by atoms with Crippen molar-refractivity contribution in [2.45, 2.75) is 6.92 Å². The monoisotopic (exact) mass is 279 g/mol. The molecule has 104 valence electrons. The lowest BCUT2D eigenvalue weighted by atomic mass is 10.1. The van der Waals surface area contributed by atoms with Crippen LogP contribution in [0.1, 0.15) is 5.69 Å². The van der Waals surface area contributed by atoms with Crippen molar-refractivity contribution in [1.82, 2.24) is 9.97 Å². The van der Waals surface area contributed by atoms with E-state index in [-0.39, 0.29) is 5.82 Å². The molecule has 1 heterocycles. The number of benzene rings is 2. The molecule has 0 spiro atoms. The zero-order chi connectivity index (χ0) is 14.8. The molecule has 0 aliphatic heterocycles. The lowest BCUT2D eigenvalue weighted by Crippen LogP contribution is -2.02. The number of rotatable bonds is 2. The number of anilines is 1. The minimum absolute atomic E-state index is 0.275. The van der Waals surface area contributed by atoms with Gasteiger partial charge in [-0.2, -0.15) is 0 Å². The zero-order valence-electron chi connectivity index (χ0n) is 11.5. The Hall–Kier alpha value is -2.75. The third-order valence-electron chi connectivity index (χ3n) is 3.26. The van der Waals surface area contributed by atoms with Crippen LogP contribution < -0.4 is 5.73 Å². The summed E-state index contributed by atoms with van der Waals surface area (Å²) in [7, 11) is 0. The van der Waals surface area contributed by atoms with Gasteiger partial charge in [0.15, 0.2) is 0 Å². The van der Waals surface area contributed by atoms with Gasteiger partial charge < -0.3 is 5.73 Å². The molecule has 0 saturated carbocycles. The molecule has 2 aromatic carbocycles. The Labute approximate surface area is 122 Å². The molecule has 4 heteroatoms. The first-order valence-corrected chi connectivity index (χ1v) is 6.60. The highest BCUT2D eigenvalue weighted by Gasteiger charge is 2.12. The van der Waals surface area contributed by atoms with Crippen molar-refractivity contribution in [3.05, 3.63) is 66.1 Å². The summed E-state index contributed by atoms with van der Waals surface area (Å²) in [6.45, 7) is 1.84. The molecule has 0 aliphatic carbocycles. The van der Waals surface area contributed by atoms with Gasteiger partial charge in [0.05, 0.1) is 11.4 Å². The summed E-state index contributed by atoms with van der Waals surface area (Å²) in [5.41, 5.74) is 9.79. The number of nitrogens with two attached hydrogens (primary N) is 1.